The van der Waals surface area contributed by atoms with Gasteiger partial charge in [0, 0.05) is 12.7 Å². The molecule has 0 atom stereocenters. The van der Waals surface area contributed by atoms with Crippen molar-refractivity contribution in [1.29, 1.82) is 0 Å². The maximum atomic E-state index is 12.8. The fraction of sp³-hybridized carbons (Fsp3) is 0.174. The first kappa shape index (κ1) is 25.1. The Morgan fingerprint density at radius 2 is 1.50 bits per heavy atom. The van der Waals surface area contributed by atoms with Gasteiger partial charge < -0.3 is 10.1 Å². The van der Waals surface area contributed by atoms with E-state index in [2.05, 4.69) is 5.32 Å². The molecule has 3 aromatic rings. The molecular weight excluding hydrogens is 478 g/mol. The molecule has 0 aliphatic rings. The summed E-state index contributed by atoms with van der Waals surface area (Å²) >= 11 is 0. The number of hydrogen-bond acceptors (Lipinski definition) is 6. The molecule has 0 aromatic heterocycles. The van der Waals surface area contributed by atoms with Crippen molar-refractivity contribution in [1.82, 2.24) is 0 Å². The van der Waals surface area contributed by atoms with E-state index in [1.54, 1.807) is 66.7 Å². The zero-order valence-electron chi connectivity index (χ0n) is 18.9. The third-order valence-electron chi connectivity index (χ3n) is 4.78. The highest BCUT2D eigenvalue weighted by Crippen LogP contribution is 2.33. The molecule has 0 radical (unpaired) electrons. The number of sulfonamides is 2. The summed E-state index contributed by atoms with van der Waals surface area (Å²) in [4.78, 5) is 12.8. The second-order valence-electron chi connectivity index (χ2n) is 7.48. The number of amides is 1. The van der Waals surface area contributed by atoms with Gasteiger partial charge in [-0.05, 0) is 42.5 Å². The standard InChI is InChI=1S/C23H25N3O6S2/c1-25(33(2,28)29)19-11-9-10-18(16-19)24-23(27)17-26(34(3,30)31)21-14-7-8-15-22(21)32-20-12-5-4-6-13-20/h4-16H,17H2,1-3H3,(H,24,27). The number of carbonyl (C=O) groups excluding carboxylic acids is 1. The van der Waals surface area contributed by atoms with Crippen molar-refractivity contribution in [3.05, 3.63) is 78.9 Å². The maximum Gasteiger partial charge on any atom is 0.245 e. The molecule has 3 aromatic carbocycles. The van der Waals surface area contributed by atoms with Crippen molar-refractivity contribution in [2.24, 2.45) is 0 Å². The fourth-order valence-electron chi connectivity index (χ4n) is 3.05. The molecular formula is C23H25N3O6S2. The highest BCUT2D eigenvalue weighted by molar-refractivity contribution is 7.92. The van der Waals surface area contributed by atoms with Crippen molar-refractivity contribution in [3.8, 4) is 11.5 Å². The molecule has 0 aliphatic heterocycles. The van der Waals surface area contributed by atoms with Crippen LogP contribution in [0.3, 0.4) is 0 Å². The lowest BCUT2D eigenvalue weighted by Crippen LogP contribution is -2.37. The summed E-state index contributed by atoms with van der Waals surface area (Å²) in [5.74, 6) is 0.169. The van der Waals surface area contributed by atoms with E-state index in [0.717, 1.165) is 21.1 Å². The Hall–Kier alpha value is -3.57. The number of nitrogens with zero attached hydrogens (tertiary/aromatic N) is 2. The Morgan fingerprint density at radius 3 is 2.15 bits per heavy atom. The van der Waals surface area contributed by atoms with Crippen LogP contribution < -0.4 is 18.7 Å². The summed E-state index contributed by atoms with van der Waals surface area (Å²) < 4.78 is 56.7. The lowest BCUT2D eigenvalue weighted by molar-refractivity contribution is -0.114. The summed E-state index contributed by atoms with van der Waals surface area (Å²) in [6.45, 7) is -0.514. The highest BCUT2D eigenvalue weighted by atomic mass is 32.2. The van der Waals surface area contributed by atoms with E-state index >= 15 is 0 Å². The molecule has 0 heterocycles. The Labute approximate surface area is 199 Å². The van der Waals surface area contributed by atoms with Crippen LogP contribution in [-0.4, -0.2) is 48.8 Å². The van der Waals surface area contributed by atoms with Crippen LogP contribution in [0.4, 0.5) is 17.1 Å². The molecule has 0 fully saturated rings. The minimum atomic E-state index is -3.86. The molecule has 0 saturated heterocycles. The molecule has 0 unspecified atom stereocenters. The first-order valence-corrected chi connectivity index (χ1v) is 13.8. The minimum absolute atomic E-state index is 0.203. The van der Waals surface area contributed by atoms with Crippen LogP contribution in [0.25, 0.3) is 0 Å². The number of ether oxygens (including phenoxy) is 1. The van der Waals surface area contributed by atoms with Crippen molar-refractivity contribution in [2.75, 3.05) is 40.0 Å². The van der Waals surface area contributed by atoms with Gasteiger partial charge in [0.2, 0.25) is 26.0 Å². The van der Waals surface area contributed by atoms with Gasteiger partial charge in [0.25, 0.3) is 0 Å². The van der Waals surface area contributed by atoms with E-state index in [4.69, 9.17) is 4.74 Å². The Bertz CT molecular complexity index is 1380. The summed E-state index contributed by atoms with van der Waals surface area (Å²) in [6, 6.07) is 21.6. The number of benzene rings is 3. The van der Waals surface area contributed by atoms with Crippen molar-refractivity contribution >= 4 is 43.0 Å². The highest BCUT2D eigenvalue weighted by Gasteiger charge is 2.24. The van der Waals surface area contributed by atoms with E-state index < -0.39 is 32.5 Å². The van der Waals surface area contributed by atoms with Gasteiger partial charge in [-0.1, -0.05) is 36.4 Å². The predicted molar refractivity (Wildman–Crippen MR) is 133 cm³/mol. The first-order chi connectivity index (χ1) is 15.9. The van der Waals surface area contributed by atoms with Crippen LogP contribution in [0.5, 0.6) is 11.5 Å². The number of anilines is 3. The average Bonchev–Trinajstić information content (AvgIpc) is 2.77. The maximum absolute atomic E-state index is 12.8. The van der Waals surface area contributed by atoms with Crippen LogP contribution in [0.2, 0.25) is 0 Å². The van der Waals surface area contributed by atoms with Gasteiger partial charge in [-0.3, -0.25) is 13.4 Å². The molecule has 1 N–H and O–H groups in total. The number of nitrogens with one attached hydrogen (secondary N) is 1. The van der Waals surface area contributed by atoms with Gasteiger partial charge >= 0.3 is 0 Å². The molecule has 3 rings (SSSR count). The molecule has 0 saturated carbocycles. The fourth-order valence-corrected chi connectivity index (χ4v) is 4.40. The molecule has 180 valence electrons. The quantitative estimate of drug-likeness (QED) is 0.480. The molecule has 0 bridgehead atoms. The zero-order valence-corrected chi connectivity index (χ0v) is 20.5. The molecule has 0 spiro atoms. The molecule has 9 nitrogen and oxygen atoms in total. The second kappa shape index (κ2) is 10.1. The molecule has 1 amide bonds. The lowest BCUT2D eigenvalue weighted by atomic mass is 10.2. The van der Waals surface area contributed by atoms with Crippen LogP contribution in [0.1, 0.15) is 0 Å². The van der Waals surface area contributed by atoms with Gasteiger partial charge in [-0.15, -0.1) is 0 Å². The topological polar surface area (TPSA) is 113 Å². The minimum Gasteiger partial charge on any atom is -0.455 e. The van der Waals surface area contributed by atoms with Crippen LogP contribution in [0.15, 0.2) is 78.9 Å². The van der Waals surface area contributed by atoms with Crippen LogP contribution >= 0.6 is 0 Å². The van der Waals surface area contributed by atoms with E-state index in [1.165, 1.54) is 13.1 Å². The Morgan fingerprint density at radius 1 is 0.853 bits per heavy atom. The van der Waals surface area contributed by atoms with E-state index in [-0.39, 0.29) is 11.4 Å². The average molecular weight is 504 g/mol. The summed E-state index contributed by atoms with van der Waals surface area (Å²) in [7, 11) is -5.95. The van der Waals surface area contributed by atoms with Gasteiger partial charge in [0.15, 0.2) is 5.75 Å². The monoisotopic (exact) mass is 503 g/mol. The van der Waals surface area contributed by atoms with E-state index in [0.29, 0.717) is 17.1 Å². The third-order valence-corrected chi connectivity index (χ3v) is 7.12. The number of carbonyl (C=O) groups is 1. The predicted octanol–water partition coefficient (Wildman–Crippen LogP) is 3.28. The van der Waals surface area contributed by atoms with Crippen molar-refractivity contribution < 1.29 is 26.4 Å². The zero-order chi connectivity index (χ0) is 24.9. The summed E-state index contributed by atoms with van der Waals surface area (Å²) in [5.41, 5.74) is 0.872. The number of rotatable bonds is 9. The normalized spacial score (nSPS) is 11.5. The van der Waals surface area contributed by atoms with E-state index in [9.17, 15) is 21.6 Å². The SMILES string of the molecule is CN(c1cccc(NC(=O)CN(c2ccccc2Oc2ccccc2)S(C)(=O)=O)c1)S(C)(=O)=O. The molecule has 0 aliphatic carbocycles. The van der Waals surface area contributed by atoms with Gasteiger partial charge in [-0.2, -0.15) is 0 Å². The van der Waals surface area contributed by atoms with Crippen LogP contribution in [-0.2, 0) is 24.8 Å². The summed E-state index contributed by atoms with van der Waals surface area (Å²) in [6.07, 6.45) is 2.07. The van der Waals surface area contributed by atoms with Crippen LogP contribution in [0, 0.1) is 0 Å². The number of para-hydroxylation sites is 3. The number of hydrogen-bond donors (Lipinski definition) is 1. The largest absolute Gasteiger partial charge is 0.455 e. The summed E-state index contributed by atoms with van der Waals surface area (Å²) in [5, 5.41) is 2.62. The Balaban J connectivity index is 1.85. The second-order valence-corrected chi connectivity index (χ2v) is 11.4. The molecule has 34 heavy (non-hydrogen) atoms. The van der Waals surface area contributed by atoms with E-state index in [1.807, 2.05) is 6.07 Å². The Kier molecular flexibility index (Phi) is 7.48. The molecule has 11 heteroatoms. The van der Waals surface area contributed by atoms with Crippen molar-refractivity contribution in [3.63, 3.8) is 0 Å². The van der Waals surface area contributed by atoms with Gasteiger partial charge in [0.05, 0.1) is 23.9 Å². The lowest BCUT2D eigenvalue weighted by Gasteiger charge is -2.24. The van der Waals surface area contributed by atoms with Gasteiger partial charge in [0.1, 0.15) is 12.3 Å². The third kappa shape index (κ3) is 6.49. The first-order valence-electron chi connectivity index (χ1n) is 10.1. The van der Waals surface area contributed by atoms with Gasteiger partial charge in [-0.25, -0.2) is 16.8 Å². The van der Waals surface area contributed by atoms with Crippen molar-refractivity contribution in [2.45, 2.75) is 0 Å². The smallest absolute Gasteiger partial charge is 0.245 e.